The number of ketones is 2. The average molecular weight is 265 g/mol. The third-order valence-electron chi connectivity index (χ3n) is 2.29. The highest BCUT2D eigenvalue weighted by Gasteiger charge is 2.16. The molecule has 1 aromatic heterocycles. The standard InChI is InChI=1S/C13H9ClO2S/c14-10-5-2-1-4-9(10)11(15)8-12(16)13-6-3-7-17-13/h1-7H,8H2. The van der Waals surface area contributed by atoms with Gasteiger partial charge in [-0.25, -0.2) is 0 Å². The van der Waals surface area contributed by atoms with Gasteiger partial charge in [-0.15, -0.1) is 11.3 Å². The summed E-state index contributed by atoms with van der Waals surface area (Å²) in [6.45, 7) is 0. The molecule has 4 heteroatoms. The van der Waals surface area contributed by atoms with Gasteiger partial charge in [-0.3, -0.25) is 9.59 Å². The molecule has 0 aliphatic heterocycles. The Kier molecular flexibility index (Phi) is 3.71. The van der Waals surface area contributed by atoms with Gasteiger partial charge >= 0.3 is 0 Å². The Labute approximate surface area is 108 Å². The van der Waals surface area contributed by atoms with Crippen LogP contribution in [0.4, 0.5) is 0 Å². The van der Waals surface area contributed by atoms with E-state index in [9.17, 15) is 9.59 Å². The fourth-order valence-electron chi connectivity index (χ4n) is 1.45. The van der Waals surface area contributed by atoms with Crippen LogP contribution in [0.5, 0.6) is 0 Å². The molecule has 1 heterocycles. The second-order valence-corrected chi connectivity index (χ2v) is 4.84. The summed E-state index contributed by atoms with van der Waals surface area (Å²) in [7, 11) is 0. The summed E-state index contributed by atoms with van der Waals surface area (Å²) in [6.07, 6.45) is -0.135. The fourth-order valence-corrected chi connectivity index (χ4v) is 2.36. The van der Waals surface area contributed by atoms with Crippen molar-refractivity contribution in [3.63, 3.8) is 0 Å². The summed E-state index contributed by atoms with van der Waals surface area (Å²) in [5, 5.41) is 2.20. The first-order chi connectivity index (χ1) is 8.18. The maximum Gasteiger partial charge on any atom is 0.180 e. The molecule has 0 N–H and O–H groups in total. The Morgan fingerprint density at radius 3 is 2.47 bits per heavy atom. The number of hydrogen-bond donors (Lipinski definition) is 0. The van der Waals surface area contributed by atoms with Crippen molar-refractivity contribution >= 4 is 34.5 Å². The highest BCUT2D eigenvalue weighted by atomic mass is 35.5. The van der Waals surface area contributed by atoms with E-state index in [0.29, 0.717) is 15.5 Å². The van der Waals surface area contributed by atoms with Crippen LogP contribution in [0.1, 0.15) is 26.5 Å². The van der Waals surface area contributed by atoms with Crippen LogP contribution in [0.3, 0.4) is 0 Å². The Balaban J connectivity index is 2.13. The molecule has 0 atom stereocenters. The maximum atomic E-state index is 11.9. The van der Waals surface area contributed by atoms with Gasteiger partial charge in [0.05, 0.1) is 16.3 Å². The smallest absolute Gasteiger partial charge is 0.180 e. The van der Waals surface area contributed by atoms with Crippen LogP contribution in [0.25, 0.3) is 0 Å². The van der Waals surface area contributed by atoms with Crippen molar-refractivity contribution in [2.45, 2.75) is 6.42 Å². The van der Waals surface area contributed by atoms with E-state index in [0.717, 1.165) is 0 Å². The lowest BCUT2D eigenvalue weighted by Gasteiger charge is -2.01. The van der Waals surface area contributed by atoms with Crippen molar-refractivity contribution < 1.29 is 9.59 Å². The van der Waals surface area contributed by atoms with Crippen molar-refractivity contribution in [1.82, 2.24) is 0 Å². The summed E-state index contributed by atoms with van der Waals surface area (Å²) in [5.41, 5.74) is 0.402. The van der Waals surface area contributed by atoms with Gasteiger partial charge < -0.3 is 0 Å². The molecule has 86 valence electrons. The van der Waals surface area contributed by atoms with Crippen LogP contribution < -0.4 is 0 Å². The molecule has 2 nitrogen and oxygen atoms in total. The highest BCUT2D eigenvalue weighted by Crippen LogP contribution is 2.19. The van der Waals surface area contributed by atoms with Gasteiger partial charge in [0.15, 0.2) is 11.6 Å². The third kappa shape index (κ3) is 2.81. The normalized spacial score (nSPS) is 10.2. The second-order valence-electron chi connectivity index (χ2n) is 3.48. The van der Waals surface area contributed by atoms with E-state index in [1.807, 2.05) is 5.38 Å². The predicted octanol–water partition coefficient (Wildman–Crippen LogP) is 3.86. The Bertz CT molecular complexity index is 546. The largest absolute Gasteiger partial charge is 0.294 e. The molecule has 0 aliphatic rings. The number of halogens is 1. The molecule has 0 unspecified atom stereocenters. The molecule has 2 aromatic rings. The van der Waals surface area contributed by atoms with E-state index in [-0.39, 0.29) is 18.0 Å². The van der Waals surface area contributed by atoms with Crippen molar-refractivity contribution in [3.8, 4) is 0 Å². The molecule has 0 saturated heterocycles. The number of thiophene rings is 1. The highest BCUT2D eigenvalue weighted by molar-refractivity contribution is 7.12. The zero-order chi connectivity index (χ0) is 12.3. The van der Waals surface area contributed by atoms with E-state index < -0.39 is 0 Å². The number of benzene rings is 1. The van der Waals surface area contributed by atoms with Gasteiger partial charge in [-0.05, 0) is 23.6 Å². The first-order valence-corrected chi connectivity index (χ1v) is 6.28. The van der Waals surface area contributed by atoms with E-state index in [1.54, 1.807) is 36.4 Å². The molecule has 0 amide bonds. The predicted molar refractivity (Wildman–Crippen MR) is 69.0 cm³/mol. The van der Waals surface area contributed by atoms with Gasteiger partial charge in [0, 0.05) is 5.56 Å². The average Bonchev–Trinajstić information content (AvgIpc) is 2.82. The zero-order valence-corrected chi connectivity index (χ0v) is 10.4. The van der Waals surface area contributed by atoms with E-state index in [1.165, 1.54) is 11.3 Å². The fraction of sp³-hybridized carbons (Fsp3) is 0.0769. The Hall–Kier alpha value is -1.45. The summed E-state index contributed by atoms with van der Waals surface area (Å²) in [5.74, 6) is -0.404. The van der Waals surface area contributed by atoms with Crippen LogP contribution in [-0.4, -0.2) is 11.6 Å². The molecular formula is C13H9ClO2S. The zero-order valence-electron chi connectivity index (χ0n) is 8.85. The van der Waals surface area contributed by atoms with E-state index in [2.05, 4.69) is 0 Å². The summed E-state index contributed by atoms with van der Waals surface area (Å²) in [6, 6.07) is 10.3. The lowest BCUT2D eigenvalue weighted by Crippen LogP contribution is -2.07. The molecule has 0 saturated carbocycles. The van der Waals surface area contributed by atoms with Crippen LogP contribution in [0.15, 0.2) is 41.8 Å². The summed E-state index contributed by atoms with van der Waals surface area (Å²) in [4.78, 5) is 24.2. The van der Waals surface area contributed by atoms with Gasteiger partial charge in [0.2, 0.25) is 0 Å². The molecule has 0 spiro atoms. The Morgan fingerprint density at radius 2 is 1.82 bits per heavy atom. The van der Waals surface area contributed by atoms with Gasteiger partial charge in [0.25, 0.3) is 0 Å². The summed E-state index contributed by atoms with van der Waals surface area (Å²) < 4.78 is 0. The van der Waals surface area contributed by atoms with Crippen LogP contribution in [0.2, 0.25) is 5.02 Å². The Morgan fingerprint density at radius 1 is 1.06 bits per heavy atom. The van der Waals surface area contributed by atoms with Crippen molar-refractivity contribution in [3.05, 3.63) is 57.2 Å². The molecule has 0 bridgehead atoms. The number of carbonyl (C=O) groups is 2. The molecule has 0 fully saturated rings. The lowest BCUT2D eigenvalue weighted by molar-refractivity contribution is 0.0896. The number of hydrogen-bond acceptors (Lipinski definition) is 3. The quantitative estimate of drug-likeness (QED) is 0.621. The topological polar surface area (TPSA) is 34.1 Å². The molecule has 17 heavy (non-hydrogen) atoms. The van der Waals surface area contributed by atoms with Crippen LogP contribution in [-0.2, 0) is 0 Å². The van der Waals surface area contributed by atoms with Crippen molar-refractivity contribution in [2.24, 2.45) is 0 Å². The second kappa shape index (κ2) is 5.25. The number of Topliss-reactive ketones (excluding diaryl/α,β-unsaturated/α-hetero) is 2. The van der Waals surface area contributed by atoms with Crippen LogP contribution in [0, 0.1) is 0 Å². The van der Waals surface area contributed by atoms with E-state index in [4.69, 9.17) is 11.6 Å². The molecule has 0 radical (unpaired) electrons. The van der Waals surface area contributed by atoms with Gasteiger partial charge in [0.1, 0.15) is 0 Å². The number of rotatable bonds is 4. The van der Waals surface area contributed by atoms with Crippen LogP contribution >= 0.6 is 22.9 Å². The molecule has 1 aromatic carbocycles. The first kappa shape index (κ1) is 12.0. The van der Waals surface area contributed by atoms with Crippen molar-refractivity contribution in [1.29, 1.82) is 0 Å². The van der Waals surface area contributed by atoms with Gasteiger partial charge in [-0.1, -0.05) is 29.8 Å². The molecule has 0 aliphatic carbocycles. The maximum absolute atomic E-state index is 11.9. The SMILES string of the molecule is O=C(CC(=O)c1ccccc1Cl)c1cccs1. The molecular weight excluding hydrogens is 256 g/mol. The lowest BCUT2D eigenvalue weighted by atomic mass is 10.1. The monoisotopic (exact) mass is 264 g/mol. The first-order valence-electron chi connectivity index (χ1n) is 5.03. The minimum atomic E-state index is -0.242. The summed E-state index contributed by atoms with van der Waals surface area (Å²) >= 11 is 7.24. The van der Waals surface area contributed by atoms with Crippen molar-refractivity contribution in [2.75, 3.05) is 0 Å². The van der Waals surface area contributed by atoms with Gasteiger partial charge in [-0.2, -0.15) is 0 Å². The van der Waals surface area contributed by atoms with E-state index >= 15 is 0 Å². The molecule has 2 rings (SSSR count). The minimum absolute atomic E-state index is 0.135. The number of carbonyl (C=O) groups excluding carboxylic acids is 2. The minimum Gasteiger partial charge on any atom is -0.294 e. The third-order valence-corrected chi connectivity index (χ3v) is 3.53.